The van der Waals surface area contributed by atoms with Crippen molar-refractivity contribution in [3.05, 3.63) is 32.1 Å². The average molecular weight is 290 g/mol. The van der Waals surface area contributed by atoms with E-state index in [9.17, 15) is 9.90 Å². The highest BCUT2D eigenvalue weighted by Gasteiger charge is 2.10. The van der Waals surface area contributed by atoms with Crippen molar-refractivity contribution in [1.29, 1.82) is 0 Å². The van der Waals surface area contributed by atoms with E-state index in [2.05, 4.69) is 20.9 Å². The van der Waals surface area contributed by atoms with Crippen LogP contribution in [0.1, 0.15) is 0 Å². The Hall–Kier alpha value is -1.07. The molecule has 0 bridgehead atoms. The molecule has 0 saturated carbocycles. The highest BCUT2D eigenvalue weighted by atomic mass is 79.9. The SMILES string of the molecule is Cn1c(=O)cc(O)c2nc(Cl)c(Br)cc21. The smallest absolute Gasteiger partial charge is 0.254 e. The molecule has 0 atom stereocenters. The van der Waals surface area contributed by atoms with Crippen LogP contribution in [-0.2, 0) is 7.05 Å². The first-order valence-electron chi connectivity index (χ1n) is 4.05. The third-order valence-electron chi connectivity index (χ3n) is 2.11. The maximum absolute atomic E-state index is 11.4. The molecule has 2 heterocycles. The molecule has 6 heteroatoms. The largest absolute Gasteiger partial charge is 0.505 e. The number of aromatic nitrogens is 2. The van der Waals surface area contributed by atoms with Gasteiger partial charge in [-0.3, -0.25) is 4.79 Å². The van der Waals surface area contributed by atoms with Gasteiger partial charge in [-0.2, -0.15) is 0 Å². The van der Waals surface area contributed by atoms with E-state index in [-0.39, 0.29) is 16.5 Å². The summed E-state index contributed by atoms with van der Waals surface area (Å²) in [5, 5.41) is 9.79. The average Bonchev–Trinajstić information content (AvgIpc) is 2.18. The summed E-state index contributed by atoms with van der Waals surface area (Å²) in [6, 6.07) is 2.76. The van der Waals surface area contributed by atoms with Crippen LogP contribution >= 0.6 is 27.5 Å². The van der Waals surface area contributed by atoms with E-state index in [1.165, 1.54) is 4.57 Å². The van der Waals surface area contributed by atoms with Crippen LogP contribution in [0, 0.1) is 0 Å². The van der Waals surface area contributed by atoms with E-state index >= 15 is 0 Å². The molecular formula is C9H6BrClN2O2. The highest BCUT2D eigenvalue weighted by Crippen LogP contribution is 2.27. The second kappa shape index (κ2) is 3.50. The first-order chi connectivity index (χ1) is 7.00. The summed E-state index contributed by atoms with van der Waals surface area (Å²) in [7, 11) is 1.60. The van der Waals surface area contributed by atoms with Gasteiger partial charge in [0.05, 0.1) is 9.99 Å². The molecule has 1 N–H and O–H groups in total. The van der Waals surface area contributed by atoms with E-state index in [1.807, 2.05) is 0 Å². The quantitative estimate of drug-likeness (QED) is 0.755. The Morgan fingerprint density at radius 2 is 2.20 bits per heavy atom. The van der Waals surface area contributed by atoms with Crippen molar-refractivity contribution in [3.63, 3.8) is 0 Å². The molecule has 0 aliphatic heterocycles. The Balaban J connectivity index is 3.04. The number of nitrogens with zero attached hydrogens (tertiary/aromatic N) is 2. The van der Waals surface area contributed by atoms with E-state index < -0.39 is 0 Å². The minimum atomic E-state index is -0.295. The molecule has 0 spiro atoms. The number of rotatable bonds is 0. The van der Waals surface area contributed by atoms with Gasteiger partial charge < -0.3 is 9.67 Å². The summed E-state index contributed by atoms with van der Waals surface area (Å²) in [5.74, 6) is -0.164. The fourth-order valence-corrected chi connectivity index (χ4v) is 1.75. The second-order valence-electron chi connectivity index (χ2n) is 3.06. The van der Waals surface area contributed by atoms with Gasteiger partial charge in [0.15, 0.2) is 0 Å². The van der Waals surface area contributed by atoms with Gasteiger partial charge in [0.2, 0.25) is 0 Å². The van der Waals surface area contributed by atoms with E-state index in [4.69, 9.17) is 11.6 Å². The van der Waals surface area contributed by atoms with Crippen molar-refractivity contribution in [1.82, 2.24) is 9.55 Å². The minimum Gasteiger partial charge on any atom is -0.505 e. The highest BCUT2D eigenvalue weighted by molar-refractivity contribution is 9.10. The third-order valence-corrected chi connectivity index (χ3v) is 3.23. The second-order valence-corrected chi connectivity index (χ2v) is 4.27. The lowest BCUT2D eigenvalue weighted by Crippen LogP contribution is -2.15. The molecule has 0 unspecified atom stereocenters. The summed E-state index contributed by atoms with van der Waals surface area (Å²) >= 11 is 9.00. The maximum Gasteiger partial charge on any atom is 0.254 e. The molecule has 0 amide bonds. The molecule has 0 aliphatic rings. The third kappa shape index (κ3) is 1.61. The number of aromatic hydroxyl groups is 1. The number of fused-ring (bicyclic) bond motifs is 1. The Morgan fingerprint density at radius 3 is 2.87 bits per heavy atom. The van der Waals surface area contributed by atoms with Gasteiger partial charge in [-0.15, -0.1) is 0 Å². The lowest BCUT2D eigenvalue weighted by molar-refractivity contribution is 0.478. The molecule has 0 aromatic carbocycles. The van der Waals surface area contributed by atoms with Crippen molar-refractivity contribution in [3.8, 4) is 5.75 Å². The van der Waals surface area contributed by atoms with Gasteiger partial charge in [0.1, 0.15) is 16.4 Å². The van der Waals surface area contributed by atoms with Gasteiger partial charge >= 0.3 is 0 Å². The van der Waals surface area contributed by atoms with E-state index in [1.54, 1.807) is 13.1 Å². The van der Waals surface area contributed by atoms with Crippen molar-refractivity contribution in [2.45, 2.75) is 0 Å². The molecule has 2 aromatic heterocycles. The molecule has 15 heavy (non-hydrogen) atoms. The number of hydrogen-bond donors (Lipinski definition) is 1. The predicted molar refractivity (Wildman–Crippen MR) is 61.4 cm³/mol. The van der Waals surface area contributed by atoms with Crippen LogP contribution in [0.3, 0.4) is 0 Å². The molecule has 78 valence electrons. The number of pyridine rings is 2. The molecule has 0 aliphatic carbocycles. The summed E-state index contributed by atoms with van der Waals surface area (Å²) in [6.45, 7) is 0. The summed E-state index contributed by atoms with van der Waals surface area (Å²) in [4.78, 5) is 15.4. The first kappa shape index (κ1) is 10.4. The Labute approximate surface area is 98.3 Å². The van der Waals surface area contributed by atoms with Gasteiger partial charge in [0, 0.05) is 13.1 Å². The molecule has 4 nitrogen and oxygen atoms in total. The summed E-state index contributed by atoms with van der Waals surface area (Å²) < 4.78 is 1.97. The standard InChI is InChI=1S/C9H6BrClN2O2/c1-13-5-2-4(10)9(11)12-8(5)6(14)3-7(13)15/h2-3,14H,1H3. The van der Waals surface area contributed by atoms with Crippen LogP contribution in [0.2, 0.25) is 5.15 Å². The molecule has 0 radical (unpaired) electrons. The van der Waals surface area contributed by atoms with Crippen LogP contribution in [0.5, 0.6) is 5.75 Å². The first-order valence-corrected chi connectivity index (χ1v) is 5.22. The zero-order valence-corrected chi connectivity index (χ0v) is 10.0. The van der Waals surface area contributed by atoms with Crippen LogP contribution in [0.4, 0.5) is 0 Å². The van der Waals surface area contributed by atoms with Crippen molar-refractivity contribution in [2.75, 3.05) is 0 Å². The van der Waals surface area contributed by atoms with E-state index in [0.717, 1.165) is 6.07 Å². The minimum absolute atomic E-state index is 0.164. The molecule has 0 fully saturated rings. The number of hydrogen-bond acceptors (Lipinski definition) is 3. The van der Waals surface area contributed by atoms with Gasteiger partial charge in [-0.05, 0) is 22.0 Å². The van der Waals surface area contributed by atoms with Crippen LogP contribution in [0.25, 0.3) is 11.0 Å². The lowest BCUT2D eigenvalue weighted by Gasteiger charge is -2.06. The molecule has 2 rings (SSSR count). The molecular weight excluding hydrogens is 283 g/mol. The summed E-state index contributed by atoms with van der Waals surface area (Å²) in [5.41, 5.74) is 0.539. The zero-order chi connectivity index (χ0) is 11.2. The Morgan fingerprint density at radius 1 is 1.53 bits per heavy atom. The number of halogens is 2. The fourth-order valence-electron chi connectivity index (χ4n) is 1.30. The zero-order valence-electron chi connectivity index (χ0n) is 7.66. The fraction of sp³-hybridized carbons (Fsp3) is 0.111. The monoisotopic (exact) mass is 288 g/mol. The van der Waals surface area contributed by atoms with Gasteiger partial charge in [-0.25, -0.2) is 4.98 Å². The molecule has 2 aromatic rings. The van der Waals surface area contributed by atoms with Gasteiger partial charge in [0.25, 0.3) is 5.56 Å². The summed E-state index contributed by atoms with van der Waals surface area (Å²) in [6.07, 6.45) is 0. The topological polar surface area (TPSA) is 55.1 Å². The Kier molecular flexibility index (Phi) is 2.44. The van der Waals surface area contributed by atoms with Crippen molar-refractivity contribution in [2.24, 2.45) is 7.05 Å². The van der Waals surface area contributed by atoms with Gasteiger partial charge in [-0.1, -0.05) is 11.6 Å². The Bertz CT molecular complexity index is 609. The normalized spacial score (nSPS) is 10.9. The lowest BCUT2D eigenvalue weighted by atomic mass is 10.3. The van der Waals surface area contributed by atoms with Crippen LogP contribution in [0.15, 0.2) is 21.4 Å². The predicted octanol–water partition coefficient (Wildman–Crippen LogP) is 2.05. The van der Waals surface area contributed by atoms with Crippen LogP contribution in [-0.4, -0.2) is 14.7 Å². The number of aryl methyl sites for hydroxylation is 1. The maximum atomic E-state index is 11.4. The van der Waals surface area contributed by atoms with Crippen molar-refractivity contribution < 1.29 is 5.11 Å². The van der Waals surface area contributed by atoms with Crippen LogP contribution < -0.4 is 5.56 Å². The van der Waals surface area contributed by atoms with Crippen molar-refractivity contribution >= 4 is 38.6 Å². The van der Waals surface area contributed by atoms with E-state index in [0.29, 0.717) is 15.5 Å². The molecule has 0 saturated heterocycles.